The lowest BCUT2D eigenvalue weighted by atomic mass is 9.99. The van der Waals surface area contributed by atoms with Crippen molar-refractivity contribution in [2.45, 2.75) is 32.3 Å². The van der Waals surface area contributed by atoms with Gasteiger partial charge in [0.05, 0.1) is 18.8 Å². The van der Waals surface area contributed by atoms with Crippen molar-refractivity contribution in [1.29, 1.82) is 0 Å². The number of hydrogen-bond donors (Lipinski definition) is 1. The fourth-order valence-corrected chi connectivity index (χ4v) is 4.37. The number of aromatic nitrogens is 1. The first-order valence-electron chi connectivity index (χ1n) is 11.5. The smallest absolute Gasteiger partial charge is 0.248 e. The van der Waals surface area contributed by atoms with Crippen LogP contribution in [0.2, 0.25) is 0 Å². The monoisotopic (exact) mass is 436 g/mol. The Morgan fingerprint density at radius 2 is 1.94 bits per heavy atom. The summed E-state index contributed by atoms with van der Waals surface area (Å²) in [4.78, 5) is 33.1. The summed E-state index contributed by atoms with van der Waals surface area (Å²) in [6.07, 6.45) is 4.56. The lowest BCUT2D eigenvalue weighted by Crippen LogP contribution is -2.44. The zero-order valence-corrected chi connectivity index (χ0v) is 18.7. The van der Waals surface area contributed by atoms with E-state index >= 15 is 0 Å². The van der Waals surface area contributed by atoms with E-state index in [1.807, 2.05) is 29.2 Å². The number of amides is 2. The van der Waals surface area contributed by atoms with Crippen LogP contribution in [-0.4, -0.2) is 65.9 Å². The molecule has 2 N–H and O–H groups in total. The van der Waals surface area contributed by atoms with Gasteiger partial charge < -0.3 is 20.3 Å². The summed E-state index contributed by atoms with van der Waals surface area (Å²) < 4.78 is 5.92. The number of hydrogen-bond acceptors (Lipinski definition) is 5. The van der Waals surface area contributed by atoms with Crippen molar-refractivity contribution >= 4 is 11.8 Å². The highest BCUT2D eigenvalue weighted by molar-refractivity contribution is 5.94. The standard InChI is InChI=1S/C25H32N4O3/c1-18-7-10-28(11-8-18)12-9-24(30)29-13-14-32-23(17-29)22-6-5-21(16-27-22)19-3-2-4-20(15-19)25(26)31/h2-6,15-16,18,23H,7-14,17H2,1H3,(H2,26,31). The van der Waals surface area contributed by atoms with Crippen molar-refractivity contribution in [2.24, 2.45) is 11.7 Å². The molecule has 7 nitrogen and oxygen atoms in total. The highest BCUT2D eigenvalue weighted by Crippen LogP contribution is 2.25. The van der Waals surface area contributed by atoms with E-state index in [1.165, 1.54) is 12.8 Å². The molecular formula is C25H32N4O3. The molecule has 0 bridgehead atoms. The molecule has 1 aromatic carbocycles. The van der Waals surface area contributed by atoms with E-state index in [0.29, 0.717) is 31.7 Å². The van der Waals surface area contributed by atoms with Gasteiger partial charge >= 0.3 is 0 Å². The Hall–Kier alpha value is -2.77. The summed E-state index contributed by atoms with van der Waals surface area (Å²) in [5, 5.41) is 0. The van der Waals surface area contributed by atoms with Gasteiger partial charge in [-0.3, -0.25) is 14.6 Å². The van der Waals surface area contributed by atoms with Crippen LogP contribution in [-0.2, 0) is 9.53 Å². The van der Waals surface area contributed by atoms with Crippen molar-refractivity contribution < 1.29 is 14.3 Å². The maximum Gasteiger partial charge on any atom is 0.248 e. The molecule has 1 aromatic heterocycles. The molecule has 2 fully saturated rings. The van der Waals surface area contributed by atoms with Gasteiger partial charge in [0.25, 0.3) is 0 Å². The number of ether oxygens (including phenoxy) is 1. The molecule has 7 heteroatoms. The summed E-state index contributed by atoms with van der Waals surface area (Å²) in [6, 6.07) is 11.1. The molecular weight excluding hydrogens is 404 g/mol. The Balaban J connectivity index is 1.34. The Morgan fingerprint density at radius 3 is 2.66 bits per heavy atom. The Labute approximate surface area is 189 Å². The number of carbonyl (C=O) groups excluding carboxylic acids is 2. The van der Waals surface area contributed by atoms with Crippen LogP contribution < -0.4 is 5.73 Å². The van der Waals surface area contributed by atoms with Gasteiger partial charge in [-0.1, -0.05) is 25.1 Å². The lowest BCUT2D eigenvalue weighted by Gasteiger charge is -2.34. The molecule has 2 aliphatic heterocycles. The average molecular weight is 437 g/mol. The summed E-state index contributed by atoms with van der Waals surface area (Å²) in [7, 11) is 0. The molecule has 3 heterocycles. The zero-order valence-electron chi connectivity index (χ0n) is 18.7. The minimum Gasteiger partial charge on any atom is -0.368 e. The van der Waals surface area contributed by atoms with Crippen molar-refractivity contribution in [3.05, 3.63) is 53.9 Å². The van der Waals surface area contributed by atoms with Gasteiger partial charge in [-0.2, -0.15) is 0 Å². The van der Waals surface area contributed by atoms with Crippen LogP contribution >= 0.6 is 0 Å². The van der Waals surface area contributed by atoms with Crippen molar-refractivity contribution in [3.63, 3.8) is 0 Å². The number of carbonyl (C=O) groups is 2. The fraction of sp³-hybridized carbons (Fsp3) is 0.480. The lowest BCUT2D eigenvalue weighted by molar-refractivity contribution is -0.139. The molecule has 4 rings (SSSR count). The van der Waals surface area contributed by atoms with Crippen LogP contribution in [0.15, 0.2) is 42.6 Å². The second-order valence-electron chi connectivity index (χ2n) is 8.89. The van der Waals surface area contributed by atoms with E-state index in [1.54, 1.807) is 18.3 Å². The molecule has 0 radical (unpaired) electrons. The van der Waals surface area contributed by atoms with Crippen LogP contribution in [0, 0.1) is 5.92 Å². The molecule has 0 spiro atoms. The summed E-state index contributed by atoms with van der Waals surface area (Å²) in [5.41, 5.74) is 8.44. The molecule has 2 aliphatic rings. The van der Waals surface area contributed by atoms with Crippen LogP contribution in [0.4, 0.5) is 0 Å². The number of likely N-dealkylation sites (tertiary alicyclic amines) is 1. The molecule has 32 heavy (non-hydrogen) atoms. The maximum absolute atomic E-state index is 12.8. The van der Waals surface area contributed by atoms with Crippen LogP contribution in [0.25, 0.3) is 11.1 Å². The third kappa shape index (κ3) is 5.53. The highest BCUT2D eigenvalue weighted by atomic mass is 16.5. The molecule has 1 unspecified atom stereocenters. The van der Waals surface area contributed by atoms with Gasteiger partial charge in [-0.25, -0.2) is 0 Å². The van der Waals surface area contributed by atoms with Gasteiger partial charge in [0, 0.05) is 36.8 Å². The van der Waals surface area contributed by atoms with Crippen molar-refractivity contribution in [1.82, 2.24) is 14.8 Å². The number of piperidine rings is 1. The molecule has 170 valence electrons. The van der Waals surface area contributed by atoms with E-state index < -0.39 is 5.91 Å². The molecule has 2 saturated heterocycles. The van der Waals surface area contributed by atoms with E-state index in [-0.39, 0.29) is 12.0 Å². The first-order valence-corrected chi connectivity index (χ1v) is 11.5. The van der Waals surface area contributed by atoms with E-state index in [0.717, 1.165) is 42.4 Å². The van der Waals surface area contributed by atoms with Crippen LogP contribution in [0.5, 0.6) is 0 Å². The SMILES string of the molecule is CC1CCN(CCC(=O)N2CCOC(c3ccc(-c4cccc(C(N)=O)c4)cn3)C2)CC1. The number of benzene rings is 1. The molecule has 2 aromatic rings. The Bertz CT molecular complexity index is 938. The molecule has 0 aliphatic carbocycles. The van der Waals surface area contributed by atoms with E-state index in [4.69, 9.17) is 10.5 Å². The average Bonchev–Trinajstić information content (AvgIpc) is 2.84. The zero-order chi connectivity index (χ0) is 22.5. The summed E-state index contributed by atoms with van der Waals surface area (Å²) in [6.45, 7) is 7.00. The van der Waals surface area contributed by atoms with Gasteiger partial charge in [-0.05, 0) is 55.6 Å². The number of primary amides is 1. The van der Waals surface area contributed by atoms with Crippen molar-refractivity contribution in [2.75, 3.05) is 39.3 Å². The molecule has 0 saturated carbocycles. The number of rotatable bonds is 6. The van der Waals surface area contributed by atoms with Gasteiger partial charge in [0.2, 0.25) is 11.8 Å². The largest absolute Gasteiger partial charge is 0.368 e. The van der Waals surface area contributed by atoms with Gasteiger partial charge in [-0.15, -0.1) is 0 Å². The normalized spacial score (nSPS) is 20.3. The Kier molecular flexibility index (Phi) is 7.17. The van der Waals surface area contributed by atoms with Gasteiger partial charge in [0.1, 0.15) is 6.10 Å². The van der Waals surface area contributed by atoms with Crippen LogP contribution in [0.3, 0.4) is 0 Å². The topological polar surface area (TPSA) is 88.8 Å². The molecule has 2 amide bonds. The second-order valence-corrected chi connectivity index (χ2v) is 8.89. The minimum absolute atomic E-state index is 0.191. The number of morpholine rings is 1. The predicted molar refractivity (Wildman–Crippen MR) is 123 cm³/mol. The quantitative estimate of drug-likeness (QED) is 0.752. The fourth-order valence-electron chi connectivity index (χ4n) is 4.37. The van der Waals surface area contributed by atoms with Crippen molar-refractivity contribution in [3.8, 4) is 11.1 Å². The first kappa shape index (κ1) is 22.4. The third-order valence-electron chi connectivity index (χ3n) is 6.53. The first-order chi connectivity index (χ1) is 15.5. The molecule has 1 atom stereocenters. The van der Waals surface area contributed by atoms with E-state index in [2.05, 4.69) is 16.8 Å². The highest BCUT2D eigenvalue weighted by Gasteiger charge is 2.27. The number of nitrogens with zero attached hydrogens (tertiary/aromatic N) is 3. The summed E-state index contributed by atoms with van der Waals surface area (Å²) in [5.74, 6) is 0.538. The van der Waals surface area contributed by atoms with Gasteiger partial charge in [0.15, 0.2) is 0 Å². The predicted octanol–water partition coefficient (Wildman–Crippen LogP) is 2.87. The number of pyridine rings is 1. The van der Waals surface area contributed by atoms with Crippen LogP contribution in [0.1, 0.15) is 48.3 Å². The van der Waals surface area contributed by atoms with E-state index in [9.17, 15) is 9.59 Å². The number of nitrogens with two attached hydrogens (primary N) is 1. The maximum atomic E-state index is 12.8. The third-order valence-corrected chi connectivity index (χ3v) is 6.53. The Morgan fingerprint density at radius 1 is 1.12 bits per heavy atom. The summed E-state index contributed by atoms with van der Waals surface area (Å²) >= 11 is 0. The second kappa shape index (κ2) is 10.2. The minimum atomic E-state index is -0.452.